The molecule has 0 saturated carbocycles. The fourth-order valence-corrected chi connectivity index (χ4v) is 1.45. The normalized spacial score (nSPS) is 11.4. The summed E-state index contributed by atoms with van der Waals surface area (Å²) < 4.78 is 2.00. The molecule has 2 heterocycles. The van der Waals surface area contributed by atoms with E-state index in [0.29, 0.717) is 5.92 Å². The summed E-state index contributed by atoms with van der Waals surface area (Å²) in [6, 6.07) is 8.38. The summed E-state index contributed by atoms with van der Waals surface area (Å²) in [5.41, 5.74) is 3.53. The van der Waals surface area contributed by atoms with Crippen molar-refractivity contribution < 1.29 is 0 Å². The van der Waals surface area contributed by atoms with Crippen molar-refractivity contribution in [3.05, 3.63) is 35.7 Å². The van der Waals surface area contributed by atoms with E-state index in [9.17, 15) is 0 Å². The summed E-state index contributed by atoms with van der Waals surface area (Å²) in [5, 5.41) is 4.53. The van der Waals surface area contributed by atoms with Crippen LogP contribution < -0.4 is 0 Å². The van der Waals surface area contributed by atoms with Crippen molar-refractivity contribution in [2.45, 2.75) is 26.7 Å². The minimum Gasteiger partial charge on any atom is -0.238 e. The highest BCUT2D eigenvalue weighted by molar-refractivity contribution is 5.48. The Morgan fingerprint density at radius 2 is 2.08 bits per heavy atom. The van der Waals surface area contributed by atoms with Crippen LogP contribution >= 0.6 is 0 Å². The van der Waals surface area contributed by atoms with Gasteiger partial charge in [0.1, 0.15) is 0 Å². The van der Waals surface area contributed by atoms with Gasteiger partial charge in [-0.05, 0) is 31.0 Å². The van der Waals surface area contributed by atoms with E-state index in [-0.39, 0.29) is 0 Å². The molecule has 0 aromatic carbocycles. The van der Waals surface area contributed by atoms with Crippen molar-refractivity contribution >= 4 is 5.52 Å². The second kappa shape index (κ2) is 2.87. The van der Waals surface area contributed by atoms with E-state index in [1.54, 1.807) is 0 Å². The minimum atomic E-state index is 0.499. The van der Waals surface area contributed by atoms with Crippen LogP contribution in [0.5, 0.6) is 0 Å². The van der Waals surface area contributed by atoms with E-state index < -0.39 is 0 Å². The molecule has 0 spiro atoms. The highest BCUT2D eigenvalue weighted by Gasteiger charge is 2.05. The zero-order valence-corrected chi connectivity index (χ0v) is 8.28. The van der Waals surface area contributed by atoms with Gasteiger partial charge in [0.05, 0.1) is 11.2 Å². The third-order valence-electron chi connectivity index (χ3n) is 2.29. The maximum absolute atomic E-state index is 4.53. The monoisotopic (exact) mass is 174 g/mol. The van der Waals surface area contributed by atoms with Gasteiger partial charge in [0, 0.05) is 5.69 Å². The second-order valence-corrected chi connectivity index (χ2v) is 3.73. The number of rotatable bonds is 1. The third-order valence-corrected chi connectivity index (χ3v) is 2.29. The molecular formula is C11H14N2. The predicted molar refractivity (Wildman–Crippen MR) is 54.0 cm³/mol. The first-order valence-corrected chi connectivity index (χ1v) is 4.64. The molecule has 0 atom stereocenters. The summed E-state index contributed by atoms with van der Waals surface area (Å²) >= 11 is 0. The molecule has 0 fully saturated rings. The lowest BCUT2D eigenvalue weighted by Crippen LogP contribution is -1.94. The van der Waals surface area contributed by atoms with Crippen LogP contribution in [0.15, 0.2) is 24.3 Å². The molecule has 0 aliphatic rings. The van der Waals surface area contributed by atoms with Crippen LogP contribution in [0.4, 0.5) is 0 Å². The van der Waals surface area contributed by atoms with Crippen LogP contribution in [0.2, 0.25) is 0 Å². The standard InChI is InChI=1S/C11H14N2/c1-8(2)11-7-10-6-4-5-9(3)13(10)12-11/h4-8H,1-3H3. The van der Waals surface area contributed by atoms with Gasteiger partial charge in [0.25, 0.3) is 0 Å². The number of pyridine rings is 1. The van der Waals surface area contributed by atoms with Crippen LogP contribution in [0.3, 0.4) is 0 Å². The predicted octanol–water partition coefficient (Wildman–Crippen LogP) is 2.77. The fraction of sp³-hybridized carbons (Fsp3) is 0.364. The van der Waals surface area contributed by atoms with Gasteiger partial charge in [0.15, 0.2) is 0 Å². The van der Waals surface area contributed by atoms with Gasteiger partial charge in [-0.1, -0.05) is 19.9 Å². The topological polar surface area (TPSA) is 17.3 Å². The van der Waals surface area contributed by atoms with Crippen LogP contribution in [0, 0.1) is 6.92 Å². The molecule has 2 heteroatoms. The smallest absolute Gasteiger partial charge is 0.0667 e. The van der Waals surface area contributed by atoms with Crippen molar-refractivity contribution in [1.29, 1.82) is 0 Å². The average Bonchev–Trinajstić information content (AvgIpc) is 2.49. The number of nitrogens with zero attached hydrogens (tertiary/aromatic N) is 2. The molecule has 0 saturated heterocycles. The van der Waals surface area contributed by atoms with Crippen LogP contribution in [-0.2, 0) is 0 Å². The maximum Gasteiger partial charge on any atom is 0.0667 e. The summed E-state index contributed by atoms with van der Waals surface area (Å²) in [4.78, 5) is 0. The first kappa shape index (κ1) is 8.30. The Morgan fingerprint density at radius 3 is 2.69 bits per heavy atom. The summed E-state index contributed by atoms with van der Waals surface area (Å²) in [6.07, 6.45) is 0. The lowest BCUT2D eigenvalue weighted by Gasteiger charge is -1.97. The molecule has 2 nitrogen and oxygen atoms in total. The zero-order chi connectivity index (χ0) is 9.42. The quantitative estimate of drug-likeness (QED) is 0.649. The van der Waals surface area contributed by atoms with Crippen LogP contribution in [0.1, 0.15) is 31.2 Å². The lowest BCUT2D eigenvalue weighted by molar-refractivity contribution is 0.779. The molecule has 0 radical (unpaired) electrons. The largest absolute Gasteiger partial charge is 0.238 e. The Hall–Kier alpha value is -1.31. The fourth-order valence-electron chi connectivity index (χ4n) is 1.45. The van der Waals surface area contributed by atoms with E-state index >= 15 is 0 Å². The molecule has 0 bridgehead atoms. The lowest BCUT2D eigenvalue weighted by atomic mass is 10.1. The number of hydrogen-bond acceptors (Lipinski definition) is 1. The van der Waals surface area contributed by atoms with Crippen LogP contribution in [-0.4, -0.2) is 9.61 Å². The van der Waals surface area contributed by atoms with E-state index in [0.717, 1.165) is 5.69 Å². The number of hydrogen-bond donors (Lipinski definition) is 0. The van der Waals surface area contributed by atoms with Gasteiger partial charge in [-0.2, -0.15) is 5.10 Å². The van der Waals surface area contributed by atoms with Crippen molar-refractivity contribution in [2.24, 2.45) is 0 Å². The Morgan fingerprint density at radius 1 is 1.31 bits per heavy atom. The second-order valence-electron chi connectivity index (χ2n) is 3.73. The molecule has 0 unspecified atom stereocenters. The molecule has 0 amide bonds. The minimum absolute atomic E-state index is 0.499. The molecule has 68 valence electrons. The van der Waals surface area contributed by atoms with Crippen molar-refractivity contribution in [3.63, 3.8) is 0 Å². The SMILES string of the molecule is Cc1cccc2cc(C(C)C)nn12. The molecule has 2 aromatic rings. The molecule has 2 rings (SSSR count). The highest BCUT2D eigenvalue weighted by atomic mass is 15.2. The average molecular weight is 174 g/mol. The first-order chi connectivity index (χ1) is 6.18. The summed E-state index contributed by atoms with van der Waals surface area (Å²) in [6.45, 7) is 6.40. The van der Waals surface area contributed by atoms with Crippen LogP contribution in [0.25, 0.3) is 5.52 Å². The van der Waals surface area contributed by atoms with Gasteiger partial charge in [-0.3, -0.25) is 0 Å². The highest BCUT2D eigenvalue weighted by Crippen LogP contribution is 2.15. The molecule has 2 aromatic heterocycles. The zero-order valence-electron chi connectivity index (χ0n) is 8.28. The summed E-state index contributed by atoms with van der Waals surface area (Å²) in [5.74, 6) is 0.499. The Balaban J connectivity index is 2.68. The van der Waals surface area contributed by atoms with Gasteiger partial charge in [0.2, 0.25) is 0 Å². The third kappa shape index (κ3) is 1.32. The van der Waals surface area contributed by atoms with Crippen molar-refractivity contribution in [2.75, 3.05) is 0 Å². The molecule has 0 aliphatic carbocycles. The Labute approximate surface area is 78.2 Å². The maximum atomic E-state index is 4.53. The van der Waals surface area contributed by atoms with E-state index in [2.05, 4.69) is 50.1 Å². The van der Waals surface area contributed by atoms with Gasteiger partial charge >= 0.3 is 0 Å². The first-order valence-electron chi connectivity index (χ1n) is 4.64. The number of fused-ring (bicyclic) bond motifs is 1. The number of aromatic nitrogens is 2. The molecular weight excluding hydrogens is 160 g/mol. The Kier molecular flexibility index (Phi) is 1.83. The molecule has 0 aliphatic heterocycles. The molecule has 0 N–H and O–H groups in total. The van der Waals surface area contributed by atoms with Gasteiger partial charge in [-0.15, -0.1) is 0 Å². The van der Waals surface area contributed by atoms with Gasteiger partial charge in [-0.25, -0.2) is 4.52 Å². The summed E-state index contributed by atoms with van der Waals surface area (Å²) in [7, 11) is 0. The van der Waals surface area contributed by atoms with E-state index in [4.69, 9.17) is 0 Å². The Bertz CT molecular complexity index is 427. The van der Waals surface area contributed by atoms with Crippen molar-refractivity contribution in [1.82, 2.24) is 9.61 Å². The van der Waals surface area contributed by atoms with Gasteiger partial charge < -0.3 is 0 Å². The van der Waals surface area contributed by atoms with Crippen molar-refractivity contribution in [3.8, 4) is 0 Å². The number of aryl methyl sites for hydroxylation is 1. The van der Waals surface area contributed by atoms with E-state index in [1.165, 1.54) is 11.2 Å². The molecule has 13 heavy (non-hydrogen) atoms. The van der Waals surface area contributed by atoms with E-state index in [1.807, 2.05) is 4.52 Å².